The van der Waals surface area contributed by atoms with E-state index in [1.54, 1.807) is 19.4 Å². The molecule has 2 aliphatic rings. The zero-order valence-electron chi connectivity index (χ0n) is 21.6. The van der Waals surface area contributed by atoms with E-state index in [1.807, 2.05) is 36.7 Å². The van der Waals surface area contributed by atoms with Crippen molar-refractivity contribution in [2.24, 2.45) is 5.92 Å². The number of carbonyl (C=O) groups excluding carboxylic acids is 3. The van der Waals surface area contributed by atoms with E-state index in [-0.39, 0.29) is 37.4 Å². The molecule has 0 saturated carbocycles. The molecule has 3 amide bonds. The Morgan fingerprint density at radius 1 is 1.22 bits per heavy atom. The van der Waals surface area contributed by atoms with Crippen LogP contribution in [0, 0.1) is 5.92 Å². The zero-order chi connectivity index (χ0) is 26.4. The van der Waals surface area contributed by atoms with Gasteiger partial charge in [-0.15, -0.1) is 0 Å². The van der Waals surface area contributed by atoms with Gasteiger partial charge in [-0.25, -0.2) is 4.98 Å². The summed E-state index contributed by atoms with van der Waals surface area (Å²) < 4.78 is 19.0. The first-order valence-electron chi connectivity index (χ1n) is 12.7. The number of nitrogens with zero attached hydrogens (tertiary/aromatic N) is 3. The normalized spacial score (nSPS) is 21.5. The number of fused-ring (bicyclic) bond motifs is 4. The smallest absolute Gasteiger partial charge is 0.252 e. The average molecular weight is 514 g/mol. The number of benzene rings is 1. The molecule has 2 aromatic rings. The Hall–Kier alpha value is -3.60. The van der Waals surface area contributed by atoms with Crippen LogP contribution >= 0.6 is 0 Å². The van der Waals surface area contributed by atoms with Crippen molar-refractivity contribution in [1.29, 1.82) is 0 Å². The SMILES string of the molecule is COc1ccc2cc1OCCN(C(=O)[C@H]1CCCO1)CC(=O)N[C@H](C(C)C)C(=O)NCCn1ccnc1-2. The molecule has 2 N–H and O–H groups in total. The van der Waals surface area contributed by atoms with Crippen molar-refractivity contribution in [2.45, 2.75) is 45.4 Å². The topological polar surface area (TPSA) is 124 Å². The lowest BCUT2D eigenvalue weighted by atomic mass is 10.0. The minimum absolute atomic E-state index is 0.133. The number of aromatic nitrogens is 2. The van der Waals surface area contributed by atoms with Gasteiger partial charge < -0.3 is 34.3 Å². The average Bonchev–Trinajstić information content (AvgIpc) is 3.58. The lowest BCUT2D eigenvalue weighted by Gasteiger charge is -2.27. The van der Waals surface area contributed by atoms with Gasteiger partial charge in [-0.1, -0.05) is 13.8 Å². The van der Waals surface area contributed by atoms with Crippen LogP contribution in [0.5, 0.6) is 11.5 Å². The van der Waals surface area contributed by atoms with Crippen molar-refractivity contribution in [3.63, 3.8) is 0 Å². The van der Waals surface area contributed by atoms with Gasteiger partial charge in [-0.3, -0.25) is 14.4 Å². The van der Waals surface area contributed by atoms with E-state index in [4.69, 9.17) is 14.2 Å². The number of hydrogen-bond donors (Lipinski definition) is 2. The monoisotopic (exact) mass is 513 g/mol. The molecule has 0 radical (unpaired) electrons. The van der Waals surface area contributed by atoms with Crippen LogP contribution in [-0.2, 0) is 25.7 Å². The Labute approximate surface area is 216 Å². The fraction of sp³-hybridized carbons (Fsp3) is 0.538. The molecular weight excluding hydrogens is 478 g/mol. The molecule has 0 unspecified atom stereocenters. The number of carbonyl (C=O) groups is 3. The molecule has 0 aliphatic carbocycles. The van der Waals surface area contributed by atoms with Gasteiger partial charge in [-0.2, -0.15) is 0 Å². The van der Waals surface area contributed by atoms with Gasteiger partial charge in [0.1, 0.15) is 24.6 Å². The van der Waals surface area contributed by atoms with Crippen LogP contribution in [0.25, 0.3) is 11.4 Å². The third-order valence-corrected chi connectivity index (χ3v) is 6.52. The summed E-state index contributed by atoms with van der Waals surface area (Å²) in [6.07, 6.45) is 4.37. The highest BCUT2D eigenvalue weighted by Crippen LogP contribution is 2.32. The molecule has 1 saturated heterocycles. The third-order valence-electron chi connectivity index (χ3n) is 6.52. The fourth-order valence-electron chi connectivity index (χ4n) is 4.52. The Morgan fingerprint density at radius 2 is 2.05 bits per heavy atom. The predicted octanol–water partition coefficient (Wildman–Crippen LogP) is 1.22. The molecule has 1 aromatic heterocycles. The molecule has 4 rings (SSSR count). The minimum atomic E-state index is -0.736. The maximum absolute atomic E-state index is 13.2. The van der Waals surface area contributed by atoms with Gasteiger partial charge in [0, 0.05) is 37.7 Å². The second kappa shape index (κ2) is 12.1. The zero-order valence-corrected chi connectivity index (χ0v) is 21.6. The number of amides is 3. The van der Waals surface area contributed by atoms with Gasteiger partial charge in [0.2, 0.25) is 11.8 Å². The van der Waals surface area contributed by atoms with Crippen LogP contribution in [0.1, 0.15) is 26.7 Å². The lowest BCUT2D eigenvalue weighted by molar-refractivity contribution is -0.144. The number of rotatable bonds is 3. The summed E-state index contributed by atoms with van der Waals surface area (Å²) in [6.45, 7) is 5.18. The highest BCUT2D eigenvalue weighted by Gasteiger charge is 2.31. The highest BCUT2D eigenvalue weighted by atomic mass is 16.5. The largest absolute Gasteiger partial charge is 0.493 e. The summed E-state index contributed by atoms with van der Waals surface area (Å²) >= 11 is 0. The summed E-state index contributed by atoms with van der Waals surface area (Å²) in [5.41, 5.74) is 0.820. The maximum atomic E-state index is 13.2. The van der Waals surface area contributed by atoms with Crippen LogP contribution in [0.4, 0.5) is 0 Å². The Balaban J connectivity index is 1.63. The maximum Gasteiger partial charge on any atom is 0.252 e. The molecule has 1 fully saturated rings. The van der Waals surface area contributed by atoms with Crippen molar-refractivity contribution in [1.82, 2.24) is 25.1 Å². The molecular formula is C26H35N5O6. The summed E-state index contributed by atoms with van der Waals surface area (Å²) in [4.78, 5) is 45.0. The number of ether oxygens (including phenoxy) is 3. The predicted molar refractivity (Wildman–Crippen MR) is 135 cm³/mol. The van der Waals surface area contributed by atoms with Crippen molar-refractivity contribution < 1.29 is 28.6 Å². The van der Waals surface area contributed by atoms with Gasteiger partial charge in [-0.05, 0) is 37.0 Å². The van der Waals surface area contributed by atoms with Crippen LogP contribution in [0.2, 0.25) is 0 Å². The minimum Gasteiger partial charge on any atom is -0.493 e. The molecule has 11 nitrogen and oxygen atoms in total. The Morgan fingerprint density at radius 3 is 2.78 bits per heavy atom. The Bertz CT molecular complexity index is 1110. The van der Waals surface area contributed by atoms with Gasteiger partial charge in [0.25, 0.3) is 5.91 Å². The van der Waals surface area contributed by atoms with Crippen molar-refractivity contribution >= 4 is 17.7 Å². The molecule has 2 bridgehead atoms. The van der Waals surface area contributed by atoms with Gasteiger partial charge in [0.15, 0.2) is 11.5 Å². The highest BCUT2D eigenvalue weighted by molar-refractivity contribution is 5.91. The summed E-state index contributed by atoms with van der Waals surface area (Å²) in [7, 11) is 1.56. The second-order valence-corrected chi connectivity index (χ2v) is 9.50. The van der Waals surface area contributed by atoms with Gasteiger partial charge in [0.05, 0.1) is 20.2 Å². The van der Waals surface area contributed by atoms with E-state index >= 15 is 0 Å². The van der Waals surface area contributed by atoms with Crippen LogP contribution in [-0.4, -0.2) is 84.3 Å². The first kappa shape index (κ1) is 26.5. The van der Waals surface area contributed by atoms with Crippen LogP contribution in [0.3, 0.4) is 0 Å². The van der Waals surface area contributed by atoms with Crippen LogP contribution < -0.4 is 20.1 Å². The van der Waals surface area contributed by atoms with Crippen molar-refractivity contribution in [3.8, 4) is 22.9 Å². The van der Waals surface area contributed by atoms with Gasteiger partial charge >= 0.3 is 0 Å². The molecule has 37 heavy (non-hydrogen) atoms. The summed E-state index contributed by atoms with van der Waals surface area (Å²) in [6, 6.07) is 4.79. The molecule has 1 aromatic carbocycles. The van der Waals surface area contributed by atoms with E-state index in [9.17, 15) is 14.4 Å². The third kappa shape index (κ3) is 6.40. The lowest BCUT2D eigenvalue weighted by Crippen LogP contribution is -2.53. The number of hydrogen-bond acceptors (Lipinski definition) is 7. The summed E-state index contributed by atoms with van der Waals surface area (Å²) in [5.74, 6) is 0.664. The molecule has 2 atom stereocenters. The van der Waals surface area contributed by atoms with Crippen molar-refractivity contribution in [2.75, 3.05) is 40.0 Å². The first-order valence-corrected chi connectivity index (χ1v) is 12.7. The van der Waals surface area contributed by atoms with E-state index in [2.05, 4.69) is 15.6 Å². The second-order valence-electron chi connectivity index (χ2n) is 9.50. The Kier molecular flexibility index (Phi) is 8.65. The number of nitrogens with one attached hydrogen (secondary N) is 2. The molecule has 3 heterocycles. The number of imidazole rings is 1. The summed E-state index contributed by atoms with van der Waals surface area (Å²) in [5, 5.41) is 5.72. The van der Waals surface area contributed by atoms with Crippen LogP contribution in [0.15, 0.2) is 30.6 Å². The van der Waals surface area contributed by atoms with E-state index in [0.29, 0.717) is 37.6 Å². The fourth-order valence-corrected chi connectivity index (χ4v) is 4.52. The standard InChI is InChI=1S/C26H35N5O6/c1-17(2)23-25(33)28-9-11-30-10-8-27-24(30)18-6-7-19(35-3)21(15-18)37-14-12-31(16-22(32)29-23)26(34)20-5-4-13-36-20/h6-8,10,15,17,20,23H,4-5,9,11-14,16H2,1-3H3,(H,28,33)(H,29,32)/t20-,23-/m1/s1. The first-order chi connectivity index (χ1) is 17.9. The number of methoxy groups -OCH3 is 1. The van der Waals surface area contributed by atoms with E-state index < -0.39 is 18.1 Å². The molecule has 200 valence electrons. The molecule has 11 heteroatoms. The van der Waals surface area contributed by atoms with Crippen molar-refractivity contribution in [3.05, 3.63) is 30.6 Å². The molecule has 2 aliphatic heterocycles. The van der Waals surface area contributed by atoms with E-state index in [1.165, 1.54) is 4.90 Å². The molecule has 0 spiro atoms. The van der Waals surface area contributed by atoms with E-state index in [0.717, 1.165) is 17.8 Å². The quantitative estimate of drug-likeness (QED) is 0.632.